The van der Waals surface area contributed by atoms with E-state index in [4.69, 9.17) is 30.8 Å². The lowest BCUT2D eigenvalue weighted by atomic mass is 10.2. The number of hydrogen-bond acceptors (Lipinski definition) is 7. The molecule has 1 aromatic carbocycles. The molecule has 9 heteroatoms. The van der Waals surface area contributed by atoms with Gasteiger partial charge in [-0.15, -0.1) is 5.10 Å². The minimum atomic E-state index is 0.335. The Morgan fingerprint density at radius 2 is 1.88 bits per heavy atom. The van der Waals surface area contributed by atoms with Gasteiger partial charge in [0.2, 0.25) is 10.6 Å². The molecule has 2 aromatic heterocycles. The van der Waals surface area contributed by atoms with Gasteiger partial charge in [0.1, 0.15) is 5.75 Å². The molecule has 0 aliphatic rings. The standard InChI is InChI=1S/C16H16N4O4S/c1-21-12-8-14(23-3)13(22-2)7-10(12)9-17-20-15(18-19-16(20)25)11-5-4-6-24-11/h4-9H,1-3H3,(H,19,25)/b17-9+. The first-order valence-electron chi connectivity index (χ1n) is 7.23. The number of furan rings is 1. The quantitative estimate of drug-likeness (QED) is 0.537. The van der Waals surface area contributed by atoms with Gasteiger partial charge in [-0.05, 0) is 30.4 Å². The maximum atomic E-state index is 5.39. The summed E-state index contributed by atoms with van der Waals surface area (Å²) in [5.74, 6) is 2.71. The number of methoxy groups -OCH3 is 3. The van der Waals surface area contributed by atoms with Crippen LogP contribution in [0.25, 0.3) is 11.6 Å². The monoisotopic (exact) mass is 360 g/mol. The maximum Gasteiger partial charge on any atom is 0.219 e. The molecule has 0 saturated heterocycles. The van der Waals surface area contributed by atoms with E-state index in [1.165, 1.54) is 4.68 Å². The summed E-state index contributed by atoms with van der Waals surface area (Å²) in [5, 5.41) is 11.2. The Kier molecular flexibility index (Phi) is 4.85. The van der Waals surface area contributed by atoms with Gasteiger partial charge in [0, 0.05) is 11.6 Å². The van der Waals surface area contributed by atoms with Crippen molar-refractivity contribution in [2.45, 2.75) is 0 Å². The lowest BCUT2D eigenvalue weighted by Gasteiger charge is -2.11. The molecule has 8 nitrogen and oxygen atoms in total. The van der Waals surface area contributed by atoms with Crippen LogP contribution in [-0.2, 0) is 0 Å². The SMILES string of the molecule is COc1cc(OC)c(OC)cc1/C=N/n1c(-c2ccco2)n[nH]c1=S. The van der Waals surface area contributed by atoms with Crippen LogP contribution in [0.4, 0.5) is 0 Å². The van der Waals surface area contributed by atoms with E-state index in [2.05, 4.69) is 15.3 Å². The Morgan fingerprint density at radius 3 is 2.52 bits per heavy atom. The number of aromatic amines is 1. The molecule has 3 rings (SSSR count). The average molecular weight is 360 g/mol. The van der Waals surface area contributed by atoms with Crippen molar-refractivity contribution in [3.63, 3.8) is 0 Å². The molecule has 3 aromatic rings. The van der Waals surface area contributed by atoms with Crippen molar-refractivity contribution < 1.29 is 18.6 Å². The van der Waals surface area contributed by atoms with Crippen LogP contribution in [-0.4, -0.2) is 42.4 Å². The molecule has 2 heterocycles. The molecule has 0 aliphatic heterocycles. The highest BCUT2D eigenvalue weighted by atomic mass is 32.1. The third-order valence-electron chi connectivity index (χ3n) is 3.44. The largest absolute Gasteiger partial charge is 0.496 e. The lowest BCUT2D eigenvalue weighted by Crippen LogP contribution is -1.98. The molecular formula is C16H16N4O4S. The number of rotatable bonds is 6. The van der Waals surface area contributed by atoms with Crippen LogP contribution in [0.5, 0.6) is 17.2 Å². The van der Waals surface area contributed by atoms with Crippen molar-refractivity contribution >= 4 is 18.4 Å². The first-order chi connectivity index (χ1) is 12.2. The highest BCUT2D eigenvalue weighted by Crippen LogP contribution is 2.33. The highest BCUT2D eigenvalue weighted by Gasteiger charge is 2.13. The van der Waals surface area contributed by atoms with Gasteiger partial charge in [0.05, 0.1) is 33.8 Å². The van der Waals surface area contributed by atoms with Gasteiger partial charge in [-0.1, -0.05) is 0 Å². The molecular weight excluding hydrogens is 344 g/mol. The van der Waals surface area contributed by atoms with E-state index in [-0.39, 0.29) is 0 Å². The summed E-state index contributed by atoms with van der Waals surface area (Å²) in [6.07, 6.45) is 3.15. The topological polar surface area (TPSA) is 86.8 Å². The zero-order valence-corrected chi connectivity index (χ0v) is 14.7. The van der Waals surface area contributed by atoms with E-state index >= 15 is 0 Å². The second kappa shape index (κ2) is 7.22. The van der Waals surface area contributed by atoms with Gasteiger partial charge >= 0.3 is 0 Å². The summed E-state index contributed by atoms with van der Waals surface area (Å²) in [4.78, 5) is 0. The summed E-state index contributed by atoms with van der Waals surface area (Å²) in [5.41, 5.74) is 0.689. The lowest BCUT2D eigenvalue weighted by molar-refractivity contribution is 0.349. The molecule has 0 atom stereocenters. The number of ether oxygens (including phenoxy) is 3. The van der Waals surface area contributed by atoms with Crippen molar-refractivity contribution in [1.82, 2.24) is 14.9 Å². The molecule has 0 amide bonds. The fourth-order valence-corrected chi connectivity index (χ4v) is 2.42. The van der Waals surface area contributed by atoms with E-state index in [1.54, 1.807) is 58.1 Å². The van der Waals surface area contributed by atoms with Crippen molar-refractivity contribution in [1.29, 1.82) is 0 Å². The summed E-state index contributed by atoms with van der Waals surface area (Å²) >= 11 is 5.23. The second-order valence-corrected chi connectivity index (χ2v) is 5.22. The summed E-state index contributed by atoms with van der Waals surface area (Å²) in [6, 6.07) is 7.02. The zero-order valence-electron chi connectivity index (χ0n) is 13.8. The van der Waals surface area contributed by atoms with Crippen molar-refractivity contribution in [3.05, 3.63) is 40.9 Å². The Labute approximate surface area is 148 Å². The molecule has 0 saturated carbocycles. The van der Waals surface area contributed by atoms with Crippen molar-refractivity contribution in [3.8, 4) is 28.8 Å². The van der Waals surface area contributed by atoms with Gasteiger partial charge < -0.3 is 18.6 Å². The predicted octanol–water partition coefficient (Wildman–Crippen LogP) is 3.11. The number of aromatic nitrogens is 3. The minimum Gasteiger partial charge on any atom is -0.496 e. The van der Waals surface area contributed by atoms with Crippen LogP contribution >= 0.6 is 12.2 Å². The number of benzene rings is 1. The summed E-state index contributed by atoms with van der Waals surface area (Å²) in [7, 11) is 4.69. The minimum absolute atomic E-state index is 0.335. The third kappa shape index (κ3) is 3.26. The predicted molar refractivity (Wildman–Crippen MR) is 94.2 cm³/mol. The summed E-state index contributed by atoms with van der Waals surface area (Å²) in [6.45, 7) is 0. The van der Waals surface area contributed by atoms with E-state index in [0.29, 0.717) is 39.2 Å². The van der Waals surface area contributed by atoms with Crippen LogP contribution in [0.2, 0.25) is 0 Å². The Balaban J connectivity index is 2.03. The van der Waals surface area contributed by atoms with Gasteiger partial charge in [0.25, 0.3) is 0 Å². The Bertz CT molecular complexity index is 944. The zero-order chi connectivity index (χ0) is 17.8. The molecule has 25 heavy (non-hydrogen) atoms. The second-order valence-electron chi connectivity index (χ2n) is 4.84. The molecule has 0 spiro atoms. The van der Waals surface area contributed by atoms with E-state index < -0.39 is 0 Å². The van der Waals surface area contributed by atoms with E-state index in [9.17, 15) is 0 Å². The fourth-order valence-electron chi connectivity index (χ4n) is 2.24. The number of nitrogens with one attached hydrogen (secondary N) is 1. The smallest absolute Gasteiger partial charge is 0.219 e. The van der Waals surface area contributed by atoms with Crippen LogP contribution in [0.15, 0.2) is 40.0 Å². The molecule has 130 valence electrons. The molecule has 0 aliphatic carbocycles. The van der Waals surface area contributed by atoms with Crippen LogP contribution < -0.4 is 14.2 Å². The van der Waals surface area contributed by atoms with E-state index in [1.807, 2.05) is 0 Å². The van der Waals surface area contributed by atoms with Gasteiger partial charge in [-0.3, -0.25) is 0 Å². The fraction of sp³-hybridized carbons (Fsp3) is 0.188. The number of H-pyrrole nitrogens is 1. The van der Waals surface area contributed by atoms with Crippen molar-refractivity contribution in [2.75, 3.05) is 21.3 Å². The number of hydrogen-bond donors (Lipinski definition) is 1. The molecule has 0 unspecified atom stereocenters. The maximum absolute atomic E-state index is 5.39. The molecule has 0 bridgehead atoms. The van der Waals surface area contributed by atoms with Gasteiger partial charge in [-0.2, -0.15) is 9.78 Å². The normalized spacial score (nSPS) is 11.0. The first kappa shape index (κ1) is 16.8. The van der Waals surface area contributed by atoms with Crippen molar-refractivity contribution in [2.24, 2.45) is 5.10 Å². The molecule has 0 radical (unpaired) electrons. The highest BCUT2D eigenvalue weighted by molar-refractivity contribution is 7.71. The third-order valence-corrected chi connectivity index (χ3v) is 3.70. The number of nitrogens with zero attached hydrogens (tertiary/aromatic N) is 3. The molecule has 1 N–H and O–H groups in total. The van der Waals surface area contributed by atoms with Crippen LogP contribution in [0.1, 0.15) is 5.56 Å². The van der Waals surface area contributed by atoms with Crippen LogP contribution in [0, 0.1) is 4.77 Å². The first-order valence-corrected chi connectivity index (χ1v) is 7.64. The van der Waals surface area contributed by atoms with Crippen LogP contribution in [0.3, 0.4) is 0 Å². The average Bonchev–Trinajstić information content (AvgIpc) is 3.28. The van der Waals surface area contributed by atoms with E-state index in [0.717, 1.165) is 0 Å². The molecule has 0 fully saturated rings. The Morgan fingerprint density at radius 1 is 1.16 bits per heavy atom. The van der Waals surface area contributed by atoms with Gasteiger partial charge in [0.15, 0.2) is 17.3 Å². The summed E-state index contributed by atoms with van der Waals surface area (Å²) < 4.78 is 23.1. The van der Waals surface area contributed by atoms with Gasteiger partial charge in [-0.25, -0.2) is 5.10 Å². The Hall–Kier alpha value is -3.07.